The zero-order valence-electron chi connectivity index (χ0n) is 27.2. The van der Waals surface area contributed by atoms with Crippen molar-refractivity contribution < 1.29 is 27.2 Å². The van der Waals surface area contributed by atoms with Crippen LogP contribution in [0.25, 0.3) is 0 Å². The van der Waals surface area contributed by atoms with Crippen molar-refractivity contribution in [3.63, 3.8) is 0 Å². The third kappa shape index (κ3) is 8.08. The second-order valence-corrected chi connectivity index (χ2v) is 12.9. The van der Waals surface area contributed by atoms with Gasteiger partial charge in [0.15, 0.2) is 5.78 Å². The first-order valence-corrected chi connectivity index (χ1v) is 16.5. The maximum absolute atomic E-state index is 14.6. The largest absolute Gasteiger partial charge is 0.354 e. The number of Topliss-reactive ketones (excluding diaryl/α,β-unsaturated/α-hetero) is 1. The van der Waals surface area contributed by atoms with Gasteiger partial charge in [-0.2, -0.15) is 8.78 Å². The number of nitrogens with one attached hydrogen (secondary N) is 3. The summed E-state index contributed by atoms with van der Waals surface area (Å²) >= 11 is 0. The van der Waals surface area contributed by atoms with E-state index in [1.807, 2.05) is 25.1 Å². The standard InChI is InChI=1S/C36H42F4N6O2/c1-3-21-17-24(11-12-25(21)35(48)43-13-5-7-29(42)33(47)22-9-10-23(41)16-22)46-30-8-4-6-26-28(19-44-32(26)30)27-14-20(15-31(37)38)18-45-34(27)36(2,39)40/h4,6,8,11-12,14,17,19-20,22-23,26,31,42,46H,3,5,7,9-10,13,15-16,18,41H2,1-2H3,(H,43,48)/t20?,22?,23-,26?/m1/s1. The van der Waals surface area contributed by atoms with Crippen molar-refractivity contribution >= 4 is 34.5 Å². The van der Waals surface area contributed by atoms with Crippen LogP contribution < -0.4 is 16.4 Å². The van der Waals surface area contributed by atoms with Crippen LogP contribution in [0.2, 0.25) is 0 Å². The monoisotopic (exact) mass is 666 g/mol. The van der Waals surface area contributed by atoms with Crippen LogP contribution in [0.3, 0.4) is 0 Å². The Kier molecular flexibility index (Phi) is 10.9. The quantitative estimate of drug-likeness (QED) is 0.101. The van der Waals surface area contributed by atoms with E-state index in [4.69, 9.17) is 11.1 Å². The highest BCUT2D eigenvalue weighted by molar-refractivity contribution is 6.39. The number of rotatable bonds is 14. The lowest BCUT2D eigenvalue weighted by Crippen LogP contribution is -2.33. The first-order chi connectivity index (χ1) is 22.8. The normalized spacial score (nSPS) is 23.5. The molecule has 1 fully saturated rings. The lowest BCUT2D eigenvalue weighted by molar-refractivity contribution is -0.116. The van der Waals surface area contributed by atoms with E-state index in [1.165, 1.54) is 12.3 Å². The van der Waals surface area contributed by atoms with E-state index in [-0.39, 0.29) is 41.5 Å². The number of hydrogen-bond acceptors (Lipinski definition) is 7. The van der Waals surface area contributed by atoms with Gasteiger partial charge >= 0.3 is 0 Å². The fourth-order valence-corrected chi connectivity index (χ4v) is 6.74. The fourth-order valence-electron chi connectivity index (χ4n) is 6.74. The third-order valence-electron chi connectivity index (χ3n) is 9.20. The molecule has 2 aliphatic heterocycles. The summed E-state index contributed by atoms with van der Waals surface area (Å²) in [6, 6.07) is 5.39. The number of ketones is 1. The van der Waals surface area contributed by atoms with Gasteiger partial charge in [-0.1, -0.05) is 25.2 Å². The highest BCUT2D eigenvalue weighted by atomic mass is 19.3. The Morgan fingerprint density at radius 3 is 2.69 bits per heavy atom. The summed E-state index contributed by atoms with van der Waals surface area (Å²) < 4.78 is 55.5. The smallest absolute Gasteiger partial charge is 0.287 e. The molecule has 0 saturated heterocycles. The number of nitrogens with two attached hydrogens (primary N) is 1. The van der Waals surface area contributed by atoms with Gasteiger partial charge in [0.1, 0.15) is 5.71 Å². The topological polar surface area (TPSA) is 133 Å². The van der Waals surface area contributed by atoms with Gasteiger partial charge in [-0.3, -0.25) is 19.6 Å². The summed E-state index contributed by atoms with van der Waals surface area (Å²) in [6.07, 6.45) is 8.92. The number of fused-ring (bicyclic) bond motifs is 1. The van der Waals surface area contributed by atoms with E-state index in [9.17, 15) is 27.2 Å². The highest BCUT2D eigenvalue weighted by Crippen LogP contribution is 2.39. The molecule has 4 aliphatic rings. The van der Waals surface area contributed by atoms with E-state index in [0.717, 1.165) is 25.3 Å². The van der Waals surface area contributed by atoms with Gasteiger partial charge in [-0.05, 0) is 73.9 Å². The first-order valence-electron chi connectivity index (χ1n) is 16.5. The Bertz CT molecular complexity index is 1630. The second kappa shape index (κ2) is 14.9. The Morgan fingerprint density at radius 1 is 1.21 bits per heavy atom. The van der Waals surface area contributed by atoms with Crippen LogP contribution in [0.4, 0.5) is 23.2 Å². The van der Waals surface area contributed by atoms with E-state index >= 15 is 0 Å². The van der Waals surface area contributed by atoms with E-state index in [0.29, 0.717) is 60.5 Å². The van der Waals surface area contributed by atoms with Crippen LogP contribution in [-0.2, 0) is 11.2 Å². The van der Waals surface area contributed by atoms with E-state index in [1.54, 1.807) is 18.2 Å². The Morgan fingerprint density at radius 2 is 2.00 bits per heavy atom. The Balaban J connectivity index is 1.20. The number of allylic oxidation sites excluding steroid dienone is 6. The lowest BCUT2D eigenvalue weighted by Gasteiger charge is -2.28. The summed E-state index contributed by atoms with van der Waals surface area (Å²) in [4.78, 5) is 34.1. The van der Waals surface area contributed by atoms with Crippen molar-refractivity contribution in [2.24, 2.45) is 33.5 Å². The molecule has 1 saturated carbocycles. The fraction of sp³-hybridized carbons (Fsp3) is 0.472. The molecule has 256 valence electrons. The molecule has 4 atom stereocenters. The number of dihydropyridines is 1. The van der Waals surface area contributed by atoms with Gasteiger partial charge < -0.3 is 21.8 Å². The van der Waals surface area contributed by atoms with Gasteiger partial charge in [0, 0.05) is 73.3 Å². The molecule has 2 heterocycles. The predicted octanol–water partition coefficient (Wildman–Crippen LogP) is 6.60. The number of hydrogen-bond donors (Lipinski definition) is 4. The van der Waals surface area contributed by atoms with E-state index < -0.39 is 36.3 Å². The number of aryl methyl sites for hydroxylation is 1. The minimum atomic E-state index is -3.25. The molecule has 3 unspecified atom stereocenters. The molecule has 0 aromatic heterocycles. The molecule has 0 radical (unpaired) electrons. The number of benzene rings is 1. The van der Waals surface area contributed by atoms with Gasteiger partial charge in [0.2, 0.25) is 6.43 Å². The number of nitrogens with zero attached hydrogens (tertiary/aromatic N) is 2. The molecule has 5 N–H and O–H groups in total. The second-order valence-electron chi connectivity index (χ2n) is 12.9. The molecule has 1 aromatic rings. The Hall–Kier alpha value is -4.19. The zero-order chi connectivity index (χ0) is 34.6. The maximum atomic E-state index is 14.6. The third-order valence-corrected chi connectivity index (χ3v) is 9.20. The van der Waals surface area contributed by atoms with Crippen molar-refractivity contribution in [2.45, 2.75) is 77.2 Å². The molecule has 12 heteroatoms. The van der Waals surface area contributed by atoms with Gasteiger partial charge in [0.05, 0.1) is 17.1 Å². The number of aliphatic imine (C=N–C) groups is 2. The summed E-state index contributed by atoms with van der Waals surface area (Å²) in [5.41, 5.74) is 9.47. The molecule has 48 heavy (non-hydrogen) atoms. The Labute approximate surface area is 277 Å². The average molecular weight is 667 g/mol. The van der Waals surface area contributed by atoms with Crippen LogP contribution in [0.1, 0.15) is 68.3 Å². The van der Waals surface area contributed by atoms with Crippen molar-refractivity contribution in [3.8, 4) is 0 Å². The maximum Gasteiger partial charge on any atom is 0.287 e. The number of alkyl halides is 4. The molecule has 1 aromatic carbocycles. The molecular weight excluding hydrogens is 624 g/mol. The van der Waals surface area contributed by atoms with Crippen molar-refractivity contribution in [2.75, 3.05) is 18.4 Å². The molecular formula is C36H42F4N6O2. The van der Waals surface area contributed by atoms with Crippen LogP contribution in [0, 0.1) is 23.2 Å². The number of carbonyl (C=O) groups is 2. The minimum absolute atomic E-state index is 0.0267. The van der Waals surface area contributed by atoms with Crippen molar-refractivity contribution in [1.29, 1.82) is 5.41 Å². The molecule has 0 bridgehead atoms. The number of halogens is 4. The van der Waals surface area contributed by atoms with Gasteiger partial charge in [-0.25, -0.2) is 8.78 Å². The zero-order valence-corrected chi connectivity index (χ0v) is 27.2. The average Bonchev–Trinajstić information content (AvgIpc) is 3.68. The number of amides is 1. The SMILES string of the molecule is CCc1cc(NC2=CC=CC3C(C4=CC(CC(F)F)CN=C4C(C)(F)F)=CN=C23)ccc1C(=O)NCCCC(=N)C(=O)C1CC[C@@H](N)C1. The summed E-state index contributed by atoms with van der Waals surface area (Å²) in [6.45, 7) is 2.91. The first kappa shape index (κ1) is 35.1. The summed E-state index contributed by atoms with van der Waals surface area (Å²) in [5.74, 6) is -4.92. The minimum Gasteiger partial charge on any atom is -0.354 e. The predicted molar refractivity (Wildman–Crippen MR) is 180 cm³/mol. The molecule has 5 rings (SSSR count). The number of carbonyl (C=O) groups excluding carboxylic acids is 2. The molecule has 8 nitrogen and oxygen atoms in total. The van der Waals surface area contributed by atoms with Crippen LogP contribution in [0.15, 0.2) is 75.5 Å². The van der Waals surface area contributed by atoms with Crippen LogP contribution in [-0.4, -0.2) is 60.3 Å². The van der Waals surface area contributed by atoms with Gasteiger partial charge in [0.25, 0.3) is 11.8 Å². The van der Waals surface area contributed by atoms with Crippen molar-refractivity contribution in [1.82, 2.24) is 5.32 Å². The summed E-state index contributed by atoms with van der Waals surface area (Å²) in [5, 5.41) is 14.4. The van der Waals surface area contributed by atoms with Crippen molar-refractivity contribution in [3.05, 3.63) is 76.7 Å². The molecule has 1 amide bonds. The highest BCUT2D eigenvalue weighted by Gasteiger charge is 2.40. The number of anilines is 1. The van der Waals surface area contributed by atoms with Crippen LogP contribution >= 0.6 is 0 Å². The molecule has 0 spiro atoms. The van der Waals surface area contributed by atoms with Gasteiger partial charge in [-0.15, -0.1) is 0 Å². The summed E-state index contributed by atoms with van der Waals surface area (Å²) in [7, 11) is 0. The van der Waals surface area contributed by atoms with E-state index in [2.05, 4.69) is 20.6 Å². The lowest BCUT2D eigenvalue weighted by atomic mass is 9.81. The molecule has 2 aliphatic carbocycles. The van der Waals surface area contributed by atoms with Crippen LogP contribution in [0.5, 0.6) is 0 Å².